The average molecular weight is 478 g/mol. The van der Waals surface area contributed by atoms with Crippen LogP contribution in [0.15, 0.2) is 85.2 Å². The fourth-order valence-electron chi connectivity index (χ4n) is 5.19. The number of nitrogens with zero attached hydrogens (tertiary/aromatic N) is 2. The van der Waals surface area contributed by atoms with Crippen LogP contribution in [0.5, 0.6) is 0 Å². The summed E-state index contributed by atoms with van der Waals surface area (Å²) < 4.78 is 0. The lowest BCUT2D eigenvalue weighted by Gasteiger charge is -2.44. The first-order chi connectivity index (χ1) is 17.4. The van der Waals surface area contributed by atoms with Crippen LogP contribution in [0.2, 0.25) is 0 Å². The molecule has 1 aromatic heterocycles. The number of H-pyrrole nitrogens is 1. The van der Waals surface area contributed by atoms with Crippen LogP contribution < -0.4 is 4.90 Å². The van der Waals surface area contributed by atoms with Gasteiger partial charge in [0.2, 0.25) is 0 Å². The van der Waals surface area contributed by atoms with Crippen LogP contribution in [0.25, 0.3) is 17.2 Å². The van der Waals surface area contributed by atoms with Crippen LogP contribution in [-0.4, -0.2) is 27.3 Å². The second kappa shape index (κ2) is 9.86. The Bertz CT molecular complexity index is 1370. The third-order valence-corrected chi connectivity index (χ3v) is 7.07. The van der Waals surface area contributed by atoms with E-state index < -0.39 is 5.97 Å². The summed E-state index contributed by atoms with van der Waals surface area (Å²) in [5, 5.41) is 16.0. The normalized spacial score (nSPS) is 17.5. The Balaban J connectivity index is 1.59. The third-order valence-electron chi connectivity index (χ3n) is 7.07. The number of rotatable bonds is 6. The van der Waals surface area contributed by atoms with E-state index >= 15 is 0 Å². The Hall–Kier alpha value is -4.12. The van der Waals surface area contributed by atoms with Crippen molar-refractivity contribution in [1.82, 2.24) is 10.2 Å². The standard InChI is InChI=1S/C31H31N3O2/c1-20(2)23-9-12-28(13-10-23)34-21(3)16-26-17-25(27-18-32-33-19-27)11-14-29(26)31(34)24-7-4-22(5-8-24)6-15-30(35)36/h4-15,17-21,31H,16H2,1-3H3,(H,32,33)(H,35,36)/b15-6+/t21-,31-/m1/s1. The number of aromatic amines is 1. The van der Waals surface area contributed by atoms with Crippen molar-refractivity contribution < 1.29 is 9.90 Å². The van der Waals surface area contributed by atoms with E-state index in [4.69, 9.17) is 5.11 Å². The van der Waals surface area contributed by atoms with Gasteiger partial charge in [-0.1, -0.05) is 68.4 Å². The van der Waals surface area contributed by atoms with Gasteiger partial charge >= 0.3 is 5.97 Å². The largest absolute Gasteiger partial charge is 0.478 e. The molecular formula is C31H31N3O2. The predicted octanol–water partition coefficient (Wildman–Crippen LogP) is 6.84. The highest BCUT2D eigenvalue weighted by atomic mass is 16.4. The lowest BCUT2D eigenvalue weighted by Crippen LogP contribution is -2.42. The van der Waals surface area contributed by atoms with Crippen molar-refractivity contribution in [2.45, 2.75) is 45.2 Å². The molecule has 4 aromatic rings. The number of carboxylic acid groups (broad SMARTS) is 1. The number of carbonyl (C=O) groups is 1. The van der Waals surface area contributed by atoms with Crippen molar-refractivity contribution in [3.63, 3.8) is 0 Å². The fraction of sp³-hybridized carbons (Fsp3) is 0.226. The number of nitrogens with one attached hydrogen (secondary N) is 1. The smallest absolute Gasteiger partial charge is 0.328 e. The van der Waals surface area contributed by atoms with Gasteiger partial charge in [-0.15, -0.1) is 0 Å². The van der Waals surface area contributed by atoms with Crippen LogP contribution in [0, 0.1) is 0 Å². The van der Waals surface area contributed by atoms with Gasteiger partial charge in [-0.25, -0.2) is 4.79 Å². The van der Waals surface area contributed by atoms with E-state index in [1.807, 2.05) is 24.5 Å². The second-order valence-corrected chi connectivity index (χ2v) is 9.85. The van der Waals surface area contributed by atoms with E-state index in [-0.39, 0.29) is 6.04 Å². The molecule has 2 N–H and O–H groups in total. The van der Waals surface area contributed by atoms with E-state index in [0.717, 1.165) is 23.1 Å². The first-order valence-corrected chi connectivity index (χ1v) is 12.4. The molecule has 0 radical (unpaired) electrons. The maximum Gasteiger partial charge on any atom is 0.328 e. The molecule has 3 aromatic carbocycles. The zero-order chi connectivity index (χ0) is 25.2. The zero-order valence-electron chi connectivity index (χ0n) is 20.8. The molecule has 0 aliphatic carbocycles. The average Bonchev–Trinajstić information content (AvgIpc) is 3.42. The van der Waals surface area contributed by atoms with Gasteiger partial charge in [0.1, 0.15) is 0 Å². The number of hydrogen-bond acceptors (Lipinski definition) is 3. The summed E-state index contributed by atoms with van der Waals surface area (Å²) in [5.74, 6) is -0.458. The fourth-order valence-corrected chi connectivity index (χ4v) is 5.19. The number of aromatic nitrogens is 2. The number of anilines is 1. The highest BCUT2D eigenvalue weighted by molar-refractivity contribution is 5.85. The summed E-state index contributed by atoms with van der Waals surface area (Å²) in [6.45, 7) is 6.73. The van der Waals surface area contributed by atoms with Gasteiger partial charge < -0.3 is 10.0 Å². The summed E-state index contributed by atoms with van der Waals surface area (Å²) in [4.78, 5) is 13.5. The summed E-state index contributed by atoms with van der Waals surface area (Å²) in [6.07, 6.45) is 7.54. The Labute approximate surface area is 212 Å². The zero-order valence-corrected chi connectivity index (χ0v) is 20.8. The molecule has 0 saturated heterocycles. The molecule has 1 aliphatic heterocycles. The molecule has 5 nitrogen and oxygen atoms in total. The minimum Gasteiger partial charge on any atom is -0.478 e. The molecule has 0 unspecified atom stereocenters. The first kappa shape index (κ1) is 23.6. The Morgan fingerprint density at radius 2 is 1.81 bits per heavy atom. The number of hydrogen-bond donors (Lipinski definition) is 2. The number of benzene rings is 3. The van der Waals surface area contributed by atoms with Crippen LogP contribution in [-0.2, 0) is 11.2 Å². The van der Waals surface area contributed by atoms with Crippen LogP contribution >= 0.6 is 0 Å². The van der Waals surface area contributed by atoms with Gasteiger partial charge in [0.15, 0.2) is 0 Å². The van der Waals surface area contributed by atoms with Gasteiger partial charge in [0, 0.05) is 29.6 Å². The Kier molecular flexibility index (Phi) is 6.47. The van der Waals surface area contributed by atoms with Crippen molar-refractivity contribution in [2.24, 2.45) is 0 Å². The van der Waals surface area contributed by atoms with Crippen molar-refractivity contribution >= 4 is 17.7 Å². The number of carboxylic acids is 1. The molecule has 2 heterocycles. The number of fused-ring (bicyclic) bond motifs is 1. The topological polar surface area (TPSA) is 69.2 Å². The van der Waals surface area contributed by atoms with E-state index in [1.54, 1.807) is 6.08 Å². The van der Waals surface area contributed by atoms with Gasteiger partial charge in [0.25, 0.3) is 0 Å². The SMILES string of the molecule is CC(C)c1ccc(N2[C@H](c3ccc(/C=C/C(=O)O)cc3)c3ccc(-c4cn[nH]c4)cc3C[C@H]2C)cc1. The summed E-state index contributed by atoms with van der Waals surface area (Å²) >= 11 is 0. The minimum atomic E-state index is -0.946. The maximum atomic E-state index is 10.9. The molecule has 5 rings (SSSR count). The van der Waals surface area contributed by atoms with Crippen molar-refractivity contribution in [3.05, 3.63) is 113 Å². The lowest BCUT2D eigenvalue weighted by molar-refractivity contribution is -0.131. The molecular weight excluding hydrogens is 446 g/mol. The quantitative estimate of drug-likeness (QED) is 0.298. The Morgan fingerprint density at radius 1 is 1.06 bits per heavy atom. The lowest BCUT2D eigenvalue weighted by atomic mass is 9.83. The summed E-state index contributed by atoms with van der Waals surface area (Å²) in [7, 11) is 0. The molecule has 0 saturated carbocycles. The maximum absolute atomic E-state index is 10.9. The Morgan fingerprint density at radius 3 is 2.44 bits per heavy atom. The molecule has 182 valence electrons. The van der Waals surface area contributed by atoms with Crippen molar-refractivity contribution in [2.75, 3.05) is 4.90 Å². The van der Waals surface area contributed by atoms with Gasteiger partial charge in [-0.05, 0) is 70.9 Å². The molecule has 5 heteroatoms. The van der Waals surface area contributed by atoms with Crippen LogP contribution in [0.4, 0.5) is 5.69 Å². The van der Waals surface area contributed by atoms with Crippen LogP contribution in [0.1, 0.15) is 60.5 Å². The highest BCUT2D eigenvalue weighted by Gasteiger charge is 2.33. The first-order valence-electron chi connectivity index (χ1n) is 12.4. The van der Waals surface area contributed by atoms with Crippen LogP contribution in [0.3, 0.4) is 0 Å². The third kappa shape index (κ3) is 4.69. The molecule has 2 atom stereocenters. The van der Waals surface area contributed by atoms with Gasteiger partial charge in [-0.2, -0.15) is 5.10 Å². The van der Waals surface area contributed by atoms with Gasteiger partial charge in [-0.3, -0.25) is 5.10 Å². The number of aliphatic carboxylic acids is 1. The molecule has 0 bridgehead atoms. The van der Waals surface area contributed by atoms with Crippen molar-refractivity contribution in [3.8, 4) is 11.1 Å². The van der Waals surface area contributed by atoms with E-state index in [1.165, 1.54) is 34.0 Å². The summed E-state index contributed by atoms with van der Waals surface area (Å²) in [5.41, 5.74) is 9.47. The van der Waals surface area contributed by atoms with Gasteiger partial charge in [0.05, 0.1) is 12.2 Å². The summed E-state index contributed by atoms with van der Waals surface area (Å²) in [6, 6.07) is 24.3. The minimum absolute atomic E-state index is 0.0459. The van der Waals surface area contributed by atoms with E-state index in [2.05, 4.69) is 90.5 Å². The molecule has 0 spiro atoms. The molecule has 1 aliphatic rings. The molecule has 0 fully saturated rings. The molecule has 0 amide bonds. The predicted molar refractivity (Wildman–Crippen MR) is 145 cm³/mol. The highest BCUT2D eigenvalue weighted by Crippen LogP contribution is 2.42. The second-order valence-electron chi connectivity index (χ2n) is 9.85. The molecule has 36 heavy (non-hydrogen) atoms. The van der Waals surface area contributed by atoms with Crippen molar-refractivity contribution in [1.29, 1.82) is 0 Å². The van der Waals surface area contributed by atoms with E-state index in [0.29, 0.717) is 12.0 Å². The monoisotopic (exact) mass is 477 g/mol. The van der Waals surface area contributed by atoms with E-state index in [9.17, 15) is 4.79 Å².